The second kappa shape index (κ2) is 11.5. The normalized spacial score (nSPS) is 18.6. The number of amides is 1. The third kappa shape index (κ3) is 7.29. The molecule has 186 valence electrons. The molecule has 0 spiro atoms. The standard InChI is InChI=1S/C23H27F3N2O6/c24-23(25,26)21(31)34-28-19(29)10-9-16-5-7-17(8-6-16)15-27-22(11-13-32-14-12-22)20(30)33-18-3-1-2-4-18/h5-10,18,27H,1-4,11-15H2,(H,28,29). The molecule has 1 amide bonds. The summed E-state index contributed by atoms with van der Waals surface area (Å²) in [6.07, 6.45) is 2.06. The van der Waals surface area contributed by atoms with Crippen LogP contribution in [0, 0.1) is 0 Å². The summed E-state index contributed by atoms with van der Waals surface area (Å²) in [6, 6.07) is 7.00. The van der Waals surface area contributed by atoms with Crippen LogP contribution in [-0.2, 0) is 35.2 Å². The monoisotopic (exact) mass is 484 g/mol. The van der Waals surface area contributed by atoms with Gasteiger partial charge in [-0.1, -0.05) is 24.3 Å². The lowest BCUT2D eigenvalue weighted by Gasteiger charge is -2.36. The molecule has 1 aromatic carbocycles. The first-order chi connectivity index (χ1) is 16.2. The highest BCUT2D eigenvalue weighted by molar-refractivity contribution is 5.92. The Balaban J connectivity index is 1.52. The van der Waals surface area contributed by atoms with E-state index in [9.17, 15) is 27.6 Å². The summed E-state index contributed by atoms with van der Waals surface area (Å²) in [5.41, 5.74) is 2.10. The average Bonchev–Trinajstić information content (AvgIpc) is 3.33. The Bertz CT molecular complexity index is 889. The number of esters is 1. The number of nitrogens with one attached hydrogen (secondary N) is 2. The quantitative estimate of drug-likeness (QED) is 0.349. The van der Waals surface area contributed by atoms with Crippen LogP contribution in [0.1, 0.15) is 49.7 Å². The van der Waals surface area contributed by atoms with Gasteiger partial charge in [-0.2, -0.15) is 18.7 Å². The molecular weight excluding hydrogens is 457 g/mol. The molecule has 1 saturated heterocycles. The first kappa shape index (κ1) is 25.7. The number of hydrogen-bond donors (Lipinski definition) is 2. The predicted octanol–water partition coefficient (Wildman–Crippen LogP) is 2.96. The molecule has 2 aliphatic rings. The van der Waals surface area contributed by atoms with Gasteiger partial charge in [-0.15, -0.1) is 0 Å². The van der Waals surface area contributed by atoms with Crippen LogP contribution in [0.2, 0.25) is 0 Å². The number of carbonyl (C=O) groups is 3. The average molecular weight is 484 g/mol. The minimum atomic E-state index is -5.20. The van der Waals surface area contributed by atoms with E-state index >= 15 is 0 Å². The van der Waals surface area contributed by atoms with Crippen molar-refractivity contribution in [2.75, 3.05) is 13.2 Å². The summed E-state index contributed by atoms with van der Waals surface area (Å²) in [5.74, 6) is -3.77. The Morgan fingerprint density at radius 1 is 1.09 bits per heavy atom. The highest BCUT2D eigenvalue weighted by atomic mass is 19.4. The van der Waals surface area contributed by atoms with Crippen molar-refractivity contribution in [1.29, 1.82) is 0 Å². The number of ether oxygens (including phenoxy) is 2. The van der Waals surface area contributed by atoms with Crippen LogP contribution in [0.15, 0.2) is 30.3 Å². The first-order valence-corrected chi connectivity index (χ1v) is 11.1. The molecule has 1 saturated carbocycles. The minimum absolute atomic E-state index is 0.0192. The number of halogens is 3. The second-order valence-corrected chi connectivity index (χ2v) is 8.29. The number of hydrogen-bond acceptors (Lipinski definition) is 7. The molecular formula is C23H27F3N2O6. The van der Waals surface area contributed by atoms with Gasteiger partial charge in [-0.05, 0) is 55.7 Å². The number of benzene rings is 1. The maximum absolute atomic E-state index is 13.0. The van der Waals surface area contributed by atoms with E-state index in [1.54, 1.807) is 24.3 Å². The van der Waals surface area contributed by atoms with Gasteiger partial charge in [0.2, 0.25) is 0 Å². The lowest BCUT2D eigenvalue weighted by atomic mass is 9.89. The fourth-order valence-corrected chi connectivity index (χ4v) is 3.82. The summed E-state index contributed by atoms with van der Waals surface area (Å²) in [5, 5.41) is 3.36. The van der Waals surface area contributed by atoms with E-state index in [0.717, 1.165) is 37.3 Å². The molecule has 0 aromatic heterocycles. The SMILES string of the molecule is O=C(C=Cc1ccc(CNC2(C(=O)OC3CCCC3)CCOCC2)cc1)NOC(=O)C(F)(F)F. The number of hydroxylamine groups is 1. The molecule has 2 N–H and O–H groups in total. The van der Waals surface area contributed by atoms with Crippen LogP contribution in [0.4, 0.5) is 13.2 Å². The van der Waals surface area contributed by atoms with Crippen LogP contribution in [0.3, 0.4) is 0 Å². The molecule has 0 atom stereocenters. The van der Waals surface area contributed by atoms with Crippen molar-refractivity contribution in [2.24, 2.45) is 0 Å². The van der Waals surface area contributed by atoms with E-state index in [1.807, 2.05) is 0 Å². The lowest BCUT2D eigenvalue weighted by Crippen LogP contribution is -2.56. The molecule has 11 heteroatoms. The van der Waals surface area contributed by atoms with E-state index < -0.39 is 23.6 Å². The number of rotatable bonds is 7. The van der Waals surface area contributed by atoms with Gasteiger partial charge in [0.25, 0.3) is 5.91 Å². The Hall–Kier alpha value is -2.92. The Labute approximate surface area is 194 Å². The Morgan fingerprint density at radius 2 is 1.74 bits per heavy atom. The van der Waals surface area contributed by atoms with Crippen molar-refractivity contribution in [3.63, 3.8) is 0 Å². The largest absolute Gasteiger partial charge is 0.493 e. The molecule has 0 radical (unpaired) electrons. The van der Waals surface area contributed by atoms with Gasteiger partial charge >= 0.3 is 18.1 Å². The van der Waals surface area contributed by atoms with Crippen LogP contribution in [0.5, 0.6) is 0 Å². The Morgan fingerprint density at radius 3 is 2.35 bits per heavy atom. The fourth-order valence-electron chi connectivity index (χ4n) is 3.82. The highest BCUT2D eigenvalue weighted by Gasteiger charge is 2.43. The van der Waals surface area contributed by atoms with Gasteiger partial charge < -0.3 is 14.3 Å². The van der Waals surface area contributed by atoms with Crippen LogP contribution in [-0.4, -0.2) is 48.9 Å². The van der Waals surface area contributed by atoms with Crippen molar-refractivity contribution in [2.45, 2.75) is 62.9 Å². The van der Waals surface area contributed by atoms with E-state index in [2.05, 4.69) is 10.2 Å². The van der Waals surface area contributed by atoms with E-state index in [4.69, 9.17) is 9.47 Å². The smallest absolute Gasteiger partial charge is 0.461 e. The lowest BCUT2D eigenvalue weighted by molar-refractivity contribution is -0.207. The first-order valence-electron chi connectivity index (χ1n) is 11.1. The van der Waals surface area contributed by atoms with Gasteiger partial charge in [0, 0.05) is 25.8 Å². The minimum Gasteiger partial charge on any atom is -0.461 e. The van der Waals surface area contributed by atoms with Gasteiger partial charge in [-0.25, -0.2) is 4.79 Å². The third-order valence-electron chi connectivity index (χ3n) is 5.83. The van der Waals surface area contributed by atoms with Gasteiger partial charge in [-0.3, -0.25) is 14.9 Å². The summed E-state index contributed by atoms with van der Waals surface area (Å²) in [4.78, 5) is 38.7. The maximum atomic E-state index is 13.0. The number of carbonyl (C=O) groups excluding carboxylic acids is 3. The summed E-state index contributed by atoms with van der Waals surface area (Å²) < 4.78 is 47.3. The molecule has 1 heterocycles. The second-order valence-electron chi connectivity index (χ2n) is 8.29. The number of alkyl halides is 3. The molecule has 0 bridgehead atoms. The molecule has 1 aliphatic carbocycles. The summed E-state index contributed by atoms with van der Waals surface area (Å²) in [6.45, 7) is 1.35. The van der Waals surface area contributed by atoms with Crippen molar-refractivity contribution < 1.29 is 41.9 Å². The van der Waals surface area contributed by atoms with Crippen molar-refractivity contribution in [1.82, 2.24) is 10.8 Å². The topological polar surface area (TPSA) is 103 Å². The zero-order valence-electron chi connectivity index (χ0n) is 18.5. The van der Waals surface area contributed by atoms with E-state index in [1.165, 1.54) is 11.6 Å². The van der Waals surface area contributed by atoms with Crippen LogP contribution in [0.25, 0.3) is 6.08 Å². The fraction of sp³-hybridized carbons (Fsp3) is 0.522. The molecule has 2 fully saturated rings. The maximum Gasteiger partial charge on any atom is 0.493 e. The van der Waals surface area contributed by atoms with Gasteiger partial charge in [0.1, 0.15) is 11.6 Å². The molecule has 34 heavy (non-hydrogen) atoms. The third-order valence-corrected chi connectivity index (χ3v) is 5.83. The van der Waals surface area contributed by atoms with Crippen molar-refractivity contribution in [3.05, 3.63) is 41.5 Å². The highest BCUT2D eigenvalue weighted by Crippen LogP contribution is 2.28. The van der Waals surface area contributed by atoms with E-state index in [-0.39, 0.29) is 12.1 Å². The molecule has 0 unspecified atom stereocenters. The van der Waals surface area contributed by atoms with Gasteiger partial charge in [0.15, 0.2) is 0 Å². The van der Waals surface area contributed by atoms with E-state index in [0.29, 0.717) is 38.2 Å². The molecule has 3 rings (SSSR count). The summed E-state index contributed by atoms with van der Waals surface area (Å²) in [7, 11) is 0. The van der Waals surface area contributed by atoms with Crippen molar-refractivity contribution >= 4 is 23.9 Å². The van der Waals surface area contributed by atoms with Crippen molar-refractivity contribution in [3.8, 4) is 0 Å². The zero-order chi connectivity index (χ0) is 24.6. The predicted molar refractivity (Wildman–Crippen MR) is 114 cm³/mol. The Kier molecular flexibility index (Phi) is 8.67. The summed E-state index contributed by atoms with van der Waals surface area (Å²) >= 11 is 0. The van der Waals surface area contributed by atoms with Gasteiger partial charge in [0.05, 0.1) is 0 Å². The molecule has 1 aliphatic heterocycles. The zero-order valence-corrected chi connectivity index (χ0v) is 18.5. The molecule has 1 aromatic rings. The molecule has 8 nitrogen and oxygen atoms in total. The van der Waals surface area contributed by atoms with Crippen LogP contribution < -0.4 is 10.8 Å². The van der Waals surface area contributed by atoms with Crippen LogP contribution >= 0.6 is 0 Å².